The second-order valence-electron chi connectivity index (χ2n) is 8.37. The highest BCUT2D eigenvalue weighted by Gasteiger charge is 2.16. The number of hydrogen-bond donors (Lipinski definition) is 4. The van der Waals surface area contributed by atoms with Gasteiger partial charge in [0, 0.05) is 22.8 Å². The molecule has 0 bridgehead atoms. The number of benzene rings is 3. The molecule has 0 saturated heterocycles. The average molecular weight is 507 g/mol. The minimum atomic E-state index is -0.411. The van der Waals surface area contributed by atoms with Gasteiger partial charge >= 0.3 is 6.03 Å². The van der Waals surface area contributed by atoms with Crippen molar-refractivity contribution in [1.82, 2.24) is 16.0 Å². The predicted octanol–water partition coefficient (Wildman–Crippen LogP) is 5.44. The molecular weight excluding hydrogens is 476 g/mol. The van der Waals surface area contributed by atoms with Crippen LogP contribution in [0, 0.1) is 0 Å². The van der Waals surface area contributed by atoms with Gasteiger partial charge in [-0.05, 0) is 47.9 Å². The maximum absolute atomic E-state index is 12.6. The number of carbonyl (C=O) groups is 3. The predicted molar refractivity (Wildman–Crippen MR) is 143 cm³/mol. The van der Waals surface area contributed by atoms with E-state index in [9.17, 15) is 14.4 Å². The van der Waals surface area contributed by atoms with E-state index < -0.39 is 5.91 Å². The summed E-state index contributed by atoms with van der Waals surface area (Å²) < 4.78 is 0. The molecule has 0 saturated carbocycles. The number of unbranched alkanes of at least 4 members (excludes halogenated alkanes) is 1. The number of nitrogens with one attached hydrogen (secondary N) is 4. The van der Waals surface area contributed by atoms with Gasteiger partial charge in [-0.2, -0.15) is 0 Å². The summed E-state index contributed by atoms with van der Waals surface area (Å²) in [6.45, 7) is 2.31. The van der Waals surface area contributed by atoms with Gasteiger partial charge in [-0.15, -0.1) is 0 Å². The lowest BCUT2D eigenvalue weighted by Crippen LogP contribution is -2.38. The maximum Gasteiger partial charge on any atom is 0.319 e. The third-order valence-corrected chi connectivity index (χ3v) is 5.76. The zero-order valence-corrected chi connectivity index (χ0v) is 21.0. The number of anilines is 1. The molecular formula is C28H31ClN4O3. The molecule has 0 radical (unpaired) electrons. The monoisotopic (exact) mass is 506 g/mol. The molecule has 1 unspecified atom stereocenters. The first-order chi connectivity index (χ1) is 17.4. The van der Waals surface area contributed by atoms with E-state index in [-0.39, 0.29) is 24.5 Å². The zero-order chi connectivity index (χ0) is 25.8. The SMILES string of the molecule is CCCCC(NC(=O)CNC(=O)c1cccc(NC(=O)NCc2ccccc2)c1)c1cccc(Cl)c1. The van der Waals surface area contributed by atoms with Crippen LogP contribution in [-0.4, -0.2) is 24.4 Å². The Kier molecular flexibility index (Phi) is 10.3. The Morgan fingerprint density at radius 2 is 1.67 bits per heavy atom. The van der Waals surface area contributed by atoms with Gasteiger partial charge in [0.1, 0.15) is 0 Å². The van der Waals surface area contributed by atoms with Crippen LogP contribution in [0.4, 0.5) is 10.5 Å². The number of carbonyl (C=O) groups excluding carboxylic acids is 3. The summed E-state index contributed by atoms with van der Waals surface area (Å²) in [7, 11) is 0. The van der Waals surface area contributed by atoms with Crippen LogP contribution < -0.4 is 21.3 Å². The largest absolute Gasteiger partial charge is 0.348 e. The summed E-state index contributed by atoms with van der Waals surface area (Å²) in [6, 6.07) is 22.9. The molecule has 0 aliphatic rings. The van der Waals surface area contributed by atoms with Crippen LogP contribution in [0.15, 0.2) is 78.9 Å². The maximum atomic E-state index is 12.6. The van der Waals surface area contributed by atoms with E-state index in [0.717, 1.165) is 30.4 Å². The van der Waals surface area contributed by atoms with Crippen LogP contribution in [0.3, 0.4) is 0 Å². The summed E-state index contributed by atoms with van der Waals surface area (Å²) in [5.74, 6) is -0.703. The lowest BCUT2D eigenvalue weighted by molar-refractivity contribution is -0.120. The summed E-state index contributed by atoms with van der Waals surface area (Å²) in [4.78, 5) is 37.4. The first-order valence-corrected chi connectivity index (χ1v) is 12.3. The van der Waals surface area contributed by atoms with E-state index in [1.54, 1.807) is 30.3 Å². The number of amides is 4. The van der Waals surface area contributed by atoms with Crippen molar-refractivity contribution in [3.8, 4) is 0 Å². The van der Waals surface area contributed by atoms with Crippen molar-refractivity contribution in [2.24, 2.45) is 0 Å². The second kappa shape index (κ2) is 13.9. The summed E-state index contributed by atoms with van der Waals surface area (Å²) in [5, 5.41) is 11.7. The summed E-state index contributed by atoms with van der Waals surface area (Å²) >= 11 is 6.12. The Morgan fingerprint density at radius 1 is 0.889 bits per heavy atom. The summed E-state index contributed by atoms with van der Waals surface area (Å²) in [5.41, 5.74) is 2.71. The van der Waals surface area contributed by atoms with Crippen molar-refractivity contribution < 1.29 is 14.4 Å². The number of hydrogen-bond acceptors (Lipinski definition) is 3. The number of rotatable bonds is 11. The van der Waals surface area contributed by atoms with Crippen LogP contribution in [0.5, 0.6) is 0 Å². The third kappa shape index (κ3) is 8.74. The van der Waals surface area contributed by atoms with Crippen molar-refractivity contribution >= 4 is 35.1 Å². The van der Waals surface area contributed by atoms with Gasteiger partial charge in [-0.3, -0.25) is 9.59 Å². The van der Waals surface area contributed by atoms with Crippen LogP contribution in [0.1, 0.15) is 53.7 Å². The van der Waals surface area contributed by atoms with Gasteiger partial charge < -0.3 is 21.3 Å². The van der Waals surface area contributed by atoms with E-state index >= 15 is 0 Å². The average Bonchev–Trinajstić information content (AvgIpc) is 2.89. The van der Waals surface area contributed by atoms with Crippen molar-refractivity contribution in [1.29, 1.82) is 0 Å². The molecule has 4 N–H and O–H groups in total. The third-order valence-electron chi connectivity index (χ3n) is 5.52. The molecule has 8 heteroatoms. The van der Waals surface area contributed by atoms with Gasteiger partial charge in [0.05, 0.1) is 12.6 Å². The van der Waals surface area contributed by atoms with Gasteiger partial charge in [-0.1, -0.05) is 79.9 Å². The quantitative estimate of drug-likeness (QED) is 0.278. The fraction of sp³-hybridized carbons (Fsp3) is 0.250. The minimum Gasteiger partial charge on any atom is -0.348 e. The Bertz CT molecular complexity index is 1170. The van der Waals surface area contributed by atoms with Crippen LogP contribution in [0.2, 0.25) is 5.02 Å². The molecule has 188 valence electrons. The molecule has 0 aliphatic carbocycles. The molecule has 3 aromatic rings. The fourth-order valence-corrected chi connectivity index (χ4v) is 3.85. The van der Waals surface area contributed by atoms with E-state index in [0.29, 0.717) is 22.8 Å². The van der Waals surface area contributed by atoms with E-state index in [1.165, 1.54) is 0 Å². The molecule has 7 nitrogen and oxygen atoms in total. The number of halogens is 1. The standard InChI is InChI=1S/C28H31ClN4O3/c1-2-3-15-25(21-11-7-13-23(29)16-21)33-26(34)19-30-27(35)22-12-8-14-24(17-22)32-28(36)31-18-20-9-5-4-6-10-20/h4-14,16-17,25H,2-3,15,18-19H2,1H3,(H,30,35)(H,33,34)(H2,31,32,36). The molecule has 1 atom stereocenters. The first-order valence-electron chi connectivity index (χ1n) is 12.0. The van der Waals surface area contributed by atoms with E-state index in [1.807, 2.05) is 48.5 Å². The van der Waals surface area contributed by atoms with Crippen molar-refractivity contribution in [2.45, 2.75) is 38.8 Å². The smallest absolute Gasteiger partial charge is 0.319 e. The highest BCUT2D eigenvalue weighted by Crippen LogP contribution is 2.22. The van der Waals surface area contributed by atoms with Crippen LogP contribution in [0.25, 0.3) is 0 Å². The molecule has 4 amide bonds. The highest BCUT2D eigenvalue weighted by atomic mass is 35.5. The normalized spacial score (nSPS) is 11.3. The lowest BCUT2D eigenvalue weighted by atomic mass is 10.0. The summed E-state index contributed by atoms with van der Waals surface area (Å²) in [6.07, 6.45) is 2.72. The topological polar surface area (TPSA) is 99.3 Å². The van der Waals surface area contributed by atoms with Crippen LogP contribution >= 0.6 is 11.6 Å². The van der Waals surface area contributed by atoms with E-state index in [2.05, 4.69) is 28.2 Å². The molecule has 36 heavy (non-hydrogen) atoms. The second-order valence-corrected chi connectivity index (χ2v) is 8.81. The molecule has 0 aromatic heterocycles. The molecule has 0 spiro atoms. The number of urea groups is 1. The first kappa shape index (κ1) is 26.8. The van der Waals surface area contributed by atoms with Crippen molar-refractivity contribution in [3.63, 3.8) is 0 Å². The Hall–Kier alpha value is -3.84. The highest BCUT2D eigenvalue weighted by molar-refractivity contribution is 6.30. The van der Waals surface area contributed by atoms with Gasteiger partial charge in [0.2, 0.25) is 5.91 Å². The molecule has 3 rings (SSSR count). The Morgan fingerprint density at radius 3 is 2.42 bits per heavy atom. The Labute approximate surface area is 216 Å². The molecule has 3 aromatic carbocycles. The van der Waals surface area contributed by atoms with Gasteiger partial charge in [-0.25, -0.2) is 4.79 Å². The van der Waals surface area contributed by atoms with Gasteiger partial charge in [0.25, 0.3) is 5.91 Å². The lowest BCUT2D eigenvalue weighted by Gasteiger charge is -2.19. The van der Waals surface area contributed by atoms with Crippen molar-refractivity contribution in [3.05, 3.63) is 101 Å². The van der Waals surface area contributed by atoms with Gasteiger partial charge in [0.15, 0.2) is 0 Å². The molecule has 0 heterocycles. The minimum absolute atomic E-state index is 0.169. The van der Waals surface area contributed by atoms with E-state index in [4.69, 9.17) is 11.6 Å². The molecule has 0 aliphatic heterocycles. The Balaban J connectivity index is 1.51. The fourth-order valence-electron chi connectivity index (χ4n) is 3.65. The molecule has 0 fully saturated rings. The van der Waals surface area contributed by atoms with Crippen LogP contribution in [-0.2, 0) is 11.3 Å². The zero-order valence-electron chi connectivity index (χ0n) is 20.2. The van der Waals surface area contributed by atoms with Crippen molar-refractivity contribution in [2.75, 3.05) is 11.9 Å².